The maximum Gasteiger partial charge on any atom is 0.282 e. The molecule has 0 fully saturated rings. The van der Waals surface area contributed by atoms with Gasteiger partial charge in [-0.15, -0.1) is 0 Å². The molecule has 2 rings (SSSR count). The van der Waals surface area contributed by atoms with Crippen molar-refractivity contribution in [1.82, 2.24) is 4.90 Å². The number of likely N-dealkylation sites (N-methyl/N-ethyl adjacent to an activating group) is 1. The predicted octanol–water partition coefficient (Wildman–Crippen LogP) is 1.53. The van der Waals surface area contributed by atoms with Crippen molar-refractivity contribution in [2.45, 2.75) is 13.3 Å². The van der Waals surface area contributed by atoms with Gasteiger partial charge in [-0.05, 0) is 24.5 Å². The summed E-state index contributed by atoms with van der Waals surface area (Å²) in [4.78, 5) is 23.8. The number of nitrogens with zero attached hydrogens (tertiary/aromatic N) is 2. The quantitative estimate of drug-likeness (QED) is 0.532. The van der Waals surface area contributed by atoms with Gasteiger partial charge < -0.3 is 4.90 Å². The van der Waals surface area contributed by atoms with Gasteiger partial charge in [0, 0.05) is 19.7 Å². The number of nitro groups is 1. The molecule has 0 bridgehead atoms. The maximum absolute atomic E-state index is 11.9. The summed E-state index contributed by atoms with van der Waals surface area (Å²) in [5.41, 5.74) is 1.94. The molecule has 1 heterocycles. The zero-order valence-corrected chi connectivity index (χ0v) is 9.19. The molecule has 0 saturated carbocycles. The van der Waals surface area contributed by atoms with Crippen LogP contribution in [-0.2, 0) is 6.42 Å². The normalized spacial score (nSPS) is 14.9. The Morgan fingerprint density at radius 2 is 2.12 bits per heavy atom. The van der Waals surface area contributed by atoms with Gasteiger partial charge in [0.15, 0.2) is 0 Å². The summed E-state index contributed by atoms with van der Waals surface area (Å²) in [5, 5.41) is 10.9. The molecule has 0 N–H and O–H groups in total. The van der Waals surface area contributed by atoms with E-state index in [1.54, 1.807) is 13.1 Å². The Kier molecular flexibility index (Phi) is 2.38. The molecule has 0 aromatic heterocycles. The van der Waals surface area contributed by atoms with Gasteiger partial charge in [0.1, 0.15) is 5.56 Å². The monoisotopic (exact) mass is 220 g/mol. The van der Waals surface area contributed by atoms with Gasteiger partial charge >= 0.3 is 0 Å². The number of carbonyl (C=O) groups excluding carboxylic acids is 1. The zero-order valence-electron chi connectivity index (χ0n) is 9.19. The average molecular weight is 220 g/mol. The minimum Gasteiger partial charge on any atom is -0.341 e. The highest BCUT2D eigenvalue weighted by Gasteiger charge is 2.30. The molecule has 1 aromatic rings. The molecular weight excluding hydrogens is 208 g/mol. The van der Waals surface area contributed by atoms with Crippen LogP contribution < -0.4 is 0 Å². The lowest BCUT2D eigenvalue weighted by Gasteiger charge is -2.25. The van der Waals surface area contributed by atoms with E-state index in [2.05, 4.69) is 0 Å². The smallest absolute Gasteiger partial charge is 0.282 e. The van der Waals surface area contributed by atoms with Crippen LogP contribution in [-0.4, -0.2) is 29.3 Å². The fourth-order valence-corrected chi connectivity index (χ4v) is 2.02. The van der Waals surface area contributed by atoms with Crippen LogP contribution in [0.3, 0.4) is 0 Å². The summed E-state index contributed by atoms with van der Waals surface area (Å²) < 4.78 is 0. The van der Waals surface area contributed by atoms with Crippen LogP contribution in [0.25, 0.3) is 0 Å². The molecule has 84 valence electrons. The second-order valence-corrected chi connectivity index (χ2v) is 3.99. The molecular formula is C11H12N2O3. The second-order valence-electron chi connectivity index (χ2n) is 3.99. The highest BCUT2D eigenvalue weighted by atomic mass is 16.6. The molecule has 5 nitrogen and oxygen atoms in total. The third kappa shape index (κ3) is 1.44. The number of benzene rings is 1. The molecule has 16 heavy (non-hydrogen) atoms. The molecule has 0 aliphatic carbocycles. The third-order valence-electron chi connectivity index (χ3n) is 2.98. The molecule has 0 unspecified atom stereocenters. The van der Waals surface area contributed by atoms with Gasteiger partial charge in [-0.1, -0.05) is 6.07 Å². The van der Waals surface area contributed by atoms with E-state index < -0.39 is 4.92 Å². The van der Waals surface area contributed by atoms with Crippen LogP contribution in [0.5, 0.6) is 0 Å². The first-order valence-electron chi connectivity index (χ1n) is 5.04. The van der Waals surface area contributed by atoms with Gasteiger partial charge in [0.2, 0.25) is 0 Å². The Bertz CT molecular complexity index is 482. The number of fused-ring (bicyclic) bond motifs is 1. The van der Waals surface area contributed by atoms with E-state index in [-0.39, 0.29) is 17.2 Å². The standard InChI is InChI=1S/C11H12N2O3/c1-7-3-4-9(13(15)16)10-8(7)5-6-12(2)11(10)14/h3-4H,5-6H2,1-2H3. The molecule has 5 heteroatoms. The van der Waals surface area contributed by atoms with Crippen molar-refractivity contribution in [3.05, 3.63) is 38.9 Å². The molecule has 1 aliphatic rings. The largest absolute Gasteiger partial charge is 0.341 e. The van der Waals surface area contributed by atoms with Crippen LogP contribution in [0, 0.1) is 17.0 Å². The van der Waals surface area contributed by atoms with Crippen LogP contribution in [0.2, 0.25) is 0 Å². The number of hydrogen-bond acceptors (Lipinski definition) is 3. The molecule has 0 radical (unpaired) electrons. The summed E-state index contributed by atoms with van der Waals surface area (Å²) in [6.07, 6.45) is 0.686. The first-order valence-corrected chi connectivity index (χ1v) is 5.04. The van der Waals surface area contributed by atoms with Gasteiger partial charge in [-0.3, -0.25) is 14.9 Å². The number of rotatable bonds is 1. The molecule has 1 aliphatic heterocycles. The van der Waals surface area contributed by atoms with E-state index in [0.717, 1.165) is 11.1 Å². The number of amides is 1. The van der Waals surface area contributed by atoms with Crippen LogP contribution in [0.1, 0.15) is 21.5 Å². The second kappa shape index (κ2) is 3.59. The van der Waals surface area contributed by atoms with Crippen LogP contribution in [0.4, 0.5) is 5.69 Å². The van der Waals surface area contributed by atoms with Crippen molar-refractivity contribution in [2.75, 3.05) is 13.6 Å². The van der Waals surface area contributed by atoms with Crippen molar-refractivity contribution in [3.63, 3.8) is 0 Å². The zero-order chi connectivity index (χ0) is 11.9. The van der Waals surface area contributed by atoms with Crippen molar-refractivity contribution in [3.8, 4) is 0 Å². The topological polar surface area (TPSA) is 63.5 Å². The SMILES string of the molecule is Cc1ccc([N+](=O)[O-])c2c1CCN(C)C2=O. The average Bonchev–Trinajstić information content (AvgIpc) is 2.23. The predicted molar refractivity (Wildman–Crippen MR) is 58.5 cm³/mol. The Morgan fingerprint density at radius 3 is 2.75 bits per heavy atom. The van der Waals surface area contributed by atoms with E-state index in [4.69, 9.17) is 0 Å². The first-order chi connectivity index (χ1) is 7.52. The first kappa shape index (κ1) is 10.6. The van der Waals surface area contributed by atoms with Gasteiger partial charge in [0.25, 0.3) is 11.6 Å². The van der Waals surface area contributed by atoms with E-state index in [1.165, 1.54) is 11.0 Å². The van der Waals surface area contributed by atoms with Crippen molar-refractivity contribution >= 4 is 11.6 Å². The lowest BCUT2D eigenvalue weighted by Crippen LogP contribution is -2.35. The van der Waals surface area contributed by atoms with E-state index in [9.17, 15) is 14.9 Å². The van der Waals surface area contributed by atoms with Gasteiger partial charge in [-0.25, -0.2) is 0 Å². The van der Waals surface area contributed by atoms with Gasteiger partial charge in [-0.2, -0.15) is 0 Å². The molecule has 1 amide bonds. The van der Waals surface area contributed by atoms with E-state index in [1.807, 2.05) is 6.92 Å². The Hall–Kier alpha value is -1.91. The van der Waals surface area contributed by atoms with E-state index >= 15 is 0 Å². The Balaban J connectivity index is 2.69. The molecule has 0 spiro atoms. The summed E-state index contributed by atoms with van der Waals surface area (Å²) in [5.74, 6) is -0.253. The summed E-state index contributed by atoms with van der Waals surface area (Å²) in [7, 11) is 1.66. The highest BCUT2D eigenvalue weighted by Crippen LogP contribution is 2.29. The number of hydrogen-bond donors (Lipinski definition) is 0. The lowest BCUT2D eigenvalue weighted by molar-refractivity contribution is -0.385. The fraction of sp³-hybridized carbons (Fsp3) is 0.364. The maximum atomic E-state index is 11.9. The Labute approximate surface area is 92.8 Å². The van der Waals surface area contributed by atoms with Crippen molar-refractivity contribution in [2.24, 2.45) is 0 Å². The highest BCUT2D eigenvalue weighted by molar-refractivity contribution is 6.00. The minimum atomic E-state index is -0.491. The fourth-order valence-electron chi connectivity index (χ4n) is 2.02. The summed E-state index contributed by atoms with van der Waals surface area (Å²) in [6.45, 7) is 2.50. The lowest BCUT2D eigenvalue weighted by atomic mass is 9.93. The van der Waals surface area contributed by atoms with Crippen LogP contribution >= 0.6 is 0 Å². The Morgan fingerprint density at radius 1 is 1.44 bits per heavy atom. The van der Waals surface area contributed by atoms with Gasteiger partial charge in [0.05, 0.1) is 4.92 Å². The number of carbonyl (C=O) groups is 1. The third-order valence-corrected chi connectivity index (χ3v) is 2.98. The summed E-state index contributed by atoms with van der Waals surface area (Å²) in [6, 6.07) is 3.11. The van der Waals surface area contributed by atoms with Crippen molar-refractivity contribution < 1.29 is 9.72 Å². The molecule has 1 aromatic carbocycles. The van der Waals surface area contributed by atoms with Crippen molar-refractivity contribution in [1.29, 1.82) is 0 Å². The molecule has 0 saturated heterocycles. The van der Waals surface area contributed by atoms with Crippen LogP contribution in [0.15, 0.2) is 12.1 Å². The van der Waals surface area contributed by atoms with E-state index in [0.29, 0.717) is 13.0 Å². The minimum absolute atomic E-state index is 0.0860. The number of aryl methyl sites for hydroxylation is 1. The number of nitro benzene ring substituents is 1. The molecule has 0 atom stereocenters. The summed E-state index contributed by atoms with van der Waals surface area (Å²) >= 11 is 0.